The van der Waals surface area contributed by atoms with Crippen LogP contribution in [0.5, 0.6) is 0 Å². The van der Waals surface area contributed by atoms with Gasteiger partial charge in [0, 0.05) is 32.7 Å². The summed E-state index contributed by atoms with van der Waals surface area (Å²) in [5.41, 5.74) is 0.444. The summed E-state index contributed by atoms with van der Waals surface area (Å²) in [7, 11) is 0. The van der Waals surface area contributed by atoms with Crippen LogP contribution in [0.4, 0.5) is 11.4 Å². The van der Waals surface area contributed by atoms with Gasteiger partial charge in [-0.1, -0.05) is 17.7 Å². The van der Waals surface area contributed by atoms with E-state index in [2.05, 4.69) is 15.5 Å². The Morgan fingerprint density at radius 1 is 1.40 bits per heavy atom. The molecule has 1 fully saturated rings. The van der Waals surface area contributed by atoms with E-state index in [0.29, 0.717) is 12.2 Å². The van der Waals surface area contributed by atoms with E-state index >= 15 is 0 Å². The van der Waals surface area contributed by atoms with Gasteiger partial charge in [0.1, 0.15) is 10.7 Å². The minimum Gasteiger partial charge on any atom is -0.379 e. The van der Waals surface area contributed by atoms with Crippen molar-refractivity contribution in [3.8, 4) is 0 Å². The summed E-state index contributed by atoms with van der Waals surface area (Å²) in [5.74, 6) is 0. The first-order chi connectivity index (χ1) is 9.68. The molecule has 1 aromatic carbocycles. The summed E-state index contributed by atoms with van der Waals surface area (Å²) >= 11 is 5.86. The van der Waals surface area contributed by atoms with Gasteiger partial charge in [0.2, 0.25) is 0 Å². The minimum atomic E-state index is -0.443. The Hall–Kier alpha value is -1.37. The quantitative estimate of drug-likeness (QED) is 0.477. The monoisotopic (exact) mass is 298 g/mol. The van der Waals surface area contributed by atoms with E-state index in [1.165, 1.54) is 6.07 Å². The number of hydrogen-bond acceptors (Lipinski definition) is 5. The van der Waals surface area contributed by atoms with Gasteiger partial charge in [0.05, 0.1) is 4.92 Å². The van der Waals surface area contributed by atoms with Crippen molar-refractivity contribution in [1.29, 1.82) is 0 Å². The second kappa shape index (κ2) is 7.42. The van der Waals surface area contributed by atoms with Crippen molar-refractivity contribution >= 4 is 23.0 Å². The van der Waals surface area contributed by atoms with Gasteiger partial charge in [0.15, 0.2) is 0 Å². The largest absolute Gasteiger partial charge is 0.379 e. The molecule has 0 bridgehead atoms. The molecule has 2 rings (SSSR count). The fourth-order valence-corrected chi connectivity index (χ4v) is 2.55. The van der Waals surface area contributed by atoms with Gasteiger partial charge < -0.3 is 15.5 Å². The lowest BCUT2D eigenvalue weighted by Gasteiger charge is -2.27. The number of nitro groups is 1. The fourth-order valence-electron chi connectivity index (χ4n) is 2.30. The van der Waals surface area contributed by atoms with Crippen molar-refractivity contribution in [2.75, 3.05) is 44.6 Å². The molecule has 0 amide bonds. The Labute approximate surface area is 123 Å². The molecule has 0 unspecified atom stereocenters. The van der Waals surface area contributed by atoms with Crippen molar-refractivity contribution in [2.24, 2.45) is 0 Å². The summed E-state index contributed by atoms with van der Waals surface area (Å²) in [4.78, 5) is 12.9. The summed E-state index contributed by atoms with van der Waals surface area (Å²) < 4.78 is 0. The Kier molecular flexibility index (Phi) is 5.58. The van der Waals surface area contributed by atoms with Crippen LogP contribution >= 0.6 is 11.6 Å². The molecule has 1 aromatic rings. The van der Waals surface area contributed by atoms with Crippen LogP contribution < -0.4 is 10.6 Å². The highest BCUT2D eigenvalue weighted by atomic mass is 35.5. The molecule has 0 aromatic heterocycles. The zero-order valence-corrected chi connectivity index (χ0v) is 12.0. The summed E-state index contributed by atoms with van der Waals surface area (Å²) in [6.07, 6.45) is 0.948. The van der Waals surface area contributed by atoms with Gasteiger partial charge in [-0.3, -0.25) is 10.1 Å². The third kappa shape index (κ3) is 4.06. The Morgan fingerprint density at radius 2 is 2.15 bits per heavy atom. The molecule has 7 heteroatoms. The second-order valence-corrected chi connectivity index (χ2v) is 5.17. The first-order valence-electron chi connectivity index (χ1n) is 6.78. The highest BCUT2D eigenvalue weighted by Gasteiger charge is 2.17. The maximum absolute atomic E-state index is 11.0. The molecule has 0 atom stereocenters. The molecule has 0 radical (unpaired) electrons. The fraction of sp³-hybridized carbons (Fsp3) is 0.538. The van der Waals surface area contributed by atoms with Crippen LogP contribution in [0.1, 0.15) is 6.42 Å². The number of piperazine rings is 1. The van der Waals surface area contributed by atoms with Crippen LogP contribution in [0.15, 0.2) is 18.2 Å². The molecule has 1 aliphatic heterocycles. The molecular weight excluding hydrogens is 280 g/mol. The second-order valence-electron chi connectivity index (χ2n) is 4.77. The number of halogens is 1. The first-order valence-corrected chi connectivity index (χ1v) is 7.16. The number of hydrogen-bond donors (Lipinski definition) is 2. The molecule has 1 heterocycles. The molecule has 1 saturated heterocycles. The van der Waals surface area contributed by atoms with E-state index < -0.39 is 4.92 Å². The van der Waals surface area contributed by atoms with Crippen LogP contribution in [0.3, 0.4) is 0 Å². The number of nitrogens with one attached hydrogen (secondary N) is 2. The Bertz CT molecular complexity index is 464. The molecule has 0 spiro atoms. The molecule has 2 N–H and O–H groups in total. The molecule has 1 aliphatic rings. The molecule has 6 nitrogen and oxygen atoms in total. The van der Waals surface area contributed by atoms with Gasteiger partial charge in [-0.05, 0) is 25.1 Å². The zero-order chi connectivity index (χ0) is 14.4. The predicted octanol–water partition coefficient (Wildman–Crippen LogP) is 1.96. The number of rotatable bonds is 6. The predicted molar refractivity (Wildman–Crippen MR) is 80.5 cm³/mol. The number of nitrogens with zero attached hydrogens (tertiary/aromatic N) is 2. The van der Waals surface area contributed by atoms with Crippen molar-refractivity contribution in [3.05, 3.63) is 33.3 Å². The van der Waals surface area contributed by atoms with Crippen LogP contribution in [-0.4, -0.2) is 49.1 Å². The van der Waals surface area contributed by atoms with E-state index in [1.807, 2.05) is 0 Å². The SMILES string of the molecule is O=[N+]([O-])c1c(Cl)cccc1NCCCN1CCNCC1. The highest BCUT2D eigenvalue weighted by Crippen LogP contribution is 2.32. The van der Waals surface area contributed by atoms with Crippen LogP contribution in [-0.2, 0) is 0 Å². The third-order valence-electron chi connectivity index (χ3n) is 3.35. The van der Waals surface area contributed by atoms with Gasteiger partial charge in [0.25, 0.3) is 0 Å². The molecule has 20 heavy (non-hydrogen) atoms. The number of nitro benzene ring substituents is 1. The average molecular weight is 299 g/mol. The average Bonchev–Trinajstić information content (AvgIpc) is 2.44. The summed E-state index contributed by atoms with van der Waals surface area (Å²) in [6.45, 7) is 5.91. The van der Waals surface area contributed by atoms with Gasteiger partial charge in [-0.15, -0.1) is 0 Å². The molecule has 110 valence electrons. The van der Waals surface area contributed by atoms with Crippen molar-refractivity contribution in [3.63, 3.8) is 0 Å². The Morgan fingerprint density at radius 3 is 2.85 bits per heavy atom. The highest BCUT2D eigenvalue weighted by molar-refractivity contribution is 6.33. The van der Waals surface area contributed by atoms with Crippen LogP contribution in [0.2, 0.25) is 5.02 Å². The lowest BCUT2D eigenvalue weighted by Crippen LogP contribution is -2.44. The van der Waals surface area contributed by atoms with Crippen LogP contribution in [0.25, 0.3) is 0 Å². The normalized spacial score (nSPS) is 16.1. The minimum absolute atomic E-state index is 0.0451. The number of anilines is 1. The van der Waals surface area contributed by atoms with Crippen LogP contribution in [0, 0.1) is 10.1 Å². The smallest absolute Gasteiger partial charge is 0.310 e. The van der Waals surface area contributed by atoms with E-state index in [1.54, 1.807) is 12.1 Å². The van der Waals surface area contributed by atoms with E-state index in [9.17, 15) is 10.1 Å². The van der Waals surface area contributed by atoms with Crippen molar-refractivity contribution in [2.45, 2.75) is 6.42 Å². The first kappa shape index (κ1) is 15.0. The number of benzene rings is 1. The van der Waals surface area contributed by atoms with Gasteiger partial charge in [-0.2, -0.15) is 0 Å². The van der Waals surface area contributed by atoms with Crippen molar-refractivity contribution in [1.82, 2.24) is 10.2 Å². The van der Waals surface area contributed by atoms with Crippen molar-refractivity contribution < 1.29 is 4.92 Å². The Balaban J connectivity index is 1.82. The number of para-hydroxylation sites is 1. The maximum Gasteiger partial charge on any atom is 0.310 e. The van der Waals surface area contributed by atoms with E-state index in [0.717, 1.165) is 39.1 Å². The standard InChI is InChI=1S/C13H19ClN4O2/c14-11-3-1-4-12(13(11)18(19)20)16-5-2-8-17-9-6-15-7-10-17/h1,3-4,15-16H,2,5-10H2. The molecular formula is C13H19ClN4O2. The topological polar surface area (TPSA) is 70.4 Å². The van der Waals surface area contributed by atoms with E-state index in [-0.39, 0.29) is 10.7 Å². The lowest BCUT2D eigenvalue weighted by molar-refractivity contribution is -0.383. The molecule has 0 aliphatic carbocycles. The summed E-state index contributed by atoms with van der Waals surface area (Å²) in [6, 6.07) is 4.94. The third-order valence-corrected chi connectivity index (χ3v) is 3.65. The maximum atomic E-state index is 11.0. The zero-order valence-electron chi connectivity index (χ0n) is 11.3. The molecule has 0 saturated carbocycles. The summed E-state index contributed by atoms with van der Waals surface area (Å²) in [5, 5.41) is 17.6. The van der Waals surface area contributed by atoms with E-state index in [4.69, 9.17) is 11.6 Å². The van der Waals surface area contributed by atoms with Gasteiger partial charge in [-0.25, -0.2) is 0 Å². The lowest BCUT2D eigenvalue weighted by atomic mass is 10.2. The van der Waals surface area contributed by atoms with Gasteiger partial charge >= 0.3 is 5.69 Å².